The summed E-state index contributed by atoms with van der Waals surface area (Å²) >= 11 is 0. The van der Waals surface area contributed by atoms with Crippen molar-refractivity contribution in [3.8, 4) is 11.1 Å². The highest BCUT2D eigenvalue weighted by molar-refractivity contribution is 5.91. The quantitative estimate of drug-likeness (QED) is 0.598. The van der Waals surface area contributed by atoms with Gasteiger partial charge in [0, 0.05) is 31.5 Å². The fourth-order valence-corrected chi connectivity index (χ4v) is 4.34. The number of β-amino-alcohol motifs (C(OH)–C–C–N with tert-alkyl or cyclic N) is 1. The number of carboxylic acids is 1. The minimum Gasteiger partial charge on any atom is -0.480 e. The van der Waals surface area contributed by atoms with Gasteiger partial charge in [0.15, 0.2) is 0 Å². The number of carbonyl (C=O) groups excluding carboxylic acids is 2. The molecular formula is C24H24N2O6. The van der Waals surface area contributed by atoms with Gasteiger partial charge < -0.3 is 25.2 Å². The number of nitrogens with one attached hydrogen (secondary N) is 1. The second-order valence-corrected chi connectivity index (χ2v) is 7.84. The molecule has 4 rings (SSSR count). The molecule has 0 bridgehead atoms. The first-order valence-corrected chi connectivity index (χ1v) is 10.4. The van der Waals surface area contributed by atoms with Gasteiger partial charge >= 0.3 is 12.1 Å². The van der Waals surface area contributed by atoms with Crippen molar-refractivity contribution in [3.63, 3.8) is 0 Å². The van der Waals surface area contributed by atoms with Crippen molar-refractivity contribution in [2.24, 2.45) is 0 Å². The Bertz CT molecular complexity index is 1020. The molecule has 1 heterocycles. The normalized spacial score (nSPS) is 19.6. The van der Waals surface area contributed by atoms with E-state index in [-0.39, 0.29) is 32.0 Å². The molecule has 0 unspecified atom stereocenters. The molecule has 2 atom stereocenters. The standard InChI is InChI=1S/C24H24N2O6/c27-15-12-21(23(29)30)26(13-15)22(28)10-5-11-25-24(31)32-14-20-18-8-3-1-6-16(18)17-7-2-4-9-19(17)20/h1-10,15,20-21,27H,11-14H2,(H,25,31)(H,29,30)/b10-5+/t15-,21-/m0/s1. The summed E-state index contributed by atoms with van der Waals surface area (Å²) in [5.41, 5.74) is 4.52. The molecule has 0 radical (unpaired) electrons. The number of likely N-dealkylation sites (tertiary alicyclic amines) is 1. The number of ether oxygens (including phenoxy) is 1. The van der Waals surface area contributed by atoms with Crippen LogP contribution in [0, 0.1) is 0 Å². The zero-order chi connectivity index (χ0) is 22.7. The number of carbonyl (C=O) groups is 3. The molecule has 1 aliphatic heterocycles. The summed E-state index contributed by atoms with van der Waals surface area (Å²) in [5.74, 6) is -1.72. The molecule has 8 heteroatoms. The second-order valence-electron chi connectivity index (χ2n) is 7.84. The predicted octanol–water partition coefficient (Wildman–Crippen LogP) is 2.13. The third kappa shape index (κ3) is 4.36. The van der Waals surface area contributed by atoms with Crippen LogP contribution in [0.5, 0.6) is 0 Å². The second kappa shape index (κ2) is 9.23. The molecule has 1 saturated heterocycles. The molecule has 2 aliphatic rings. The minimum absolute atomic E-state index is 0.00686. The van der Waals surface area contributed by atoms with Gasteiger partial charge in [0.1, 0.15) is 12.6 Å². The molecule has 32 heavy (non-hydrogen) atoms. The van der Waals surface area contributed by atoms with Crippen LogP contribution in [0.25, 0.3) is 11.1 Å². The van der Waals surface area contributed by atoms with Crippen LogP contribution in [-0.4, -0.2) is 64.9 Å². The molecule has 2 aromatic rings. The number of amides is 2. The maximum Gasteiger partial charge on any atom is 0.407 e. The van der Waals surface area contributed by atoms with Crippen LogP contribution in [0.15, 0.2) is 60.7 Å². The maximum absolute atomic E-state index is 12.2. The number of hydrogen-bond acceptors (Lipinski definition) is 5. The van der Waals surface area contributed by atoms with E-state index in [1.54, 1.807) is 0 Å². The Morgan fingerprint density at radius 3 is 2.31 bits per heavy atom. The lowest BCUT2D eigenvalue weighted by Gasteiger charge is -2.19. The summed E-state index contributed by atoms with van der Waals surface area (Å²) in [6.07, 6.45) is 1.16. The number of carboxylic acid groups (broad SMARTS) is 1. The first kappa shape index (κ1) is 21.6. The summed E-state index contributed by atoms with van der Waals surface area (Å²) in [7, 11) is 0. The number of benzene rings is 2. The van der Waals surface area contributed by atoms with Crippen molar-refractivity contribution in [3.05, 3.63) is 71.8 Å². The summed E-state index contributed by atoms with van der Waals surface area (Å²) in [5, 5.41) is 21.4. The van der Waals surface area contributed by atoms with Gasteiger partial charge in [0.2, 0.25) is 5.91 Å². The van der Waals surface area contributed by atoms with Gasteiger partial charge in [-0.15, -0.1) is 0 Å². The van der Waals surface area contributed by atoms with Crippen molar-refractivity contribution in [1.82, 2.24) is 10.2 Å². The summed E-state index contributed by atoms with van der Waals surface area (Å²) in [6, 6.07) is 15.1. The number of aliphatic carboxylic acids is 1. The Balaban J connectivity index is 1.28. The van der Waals surface area contributed by atoms with Crippen LogP contribution in [0.4, 0.5) is 4.79 Å². The lowest BCUT2D eigenvalue weighted by atomic mass is 9.98. The van der Waals surface area contributed by atoms with Gasteiger partial charge in [0.05, 0.1) is 6.10 Å². The Morgan fingerprint density at radius 2 is 1.69 bits per heavy atom. The van der Waals surface area contributed by atoms with Gasteiger partial charge in [-0.25, -0.2) is 9.59 Å². The molecule has 0 aromatic heterocycles. The minimum atomic E-state index is -1.15. The lowest BCUT2D eigenvalue weighted by Crippen LogP contribution is -2.39. The number of aliphatic hydroxyl groups is 1. The van der Waals surface area contributed by atoms with Crippen molar-refractivity contribution in [2.45, 2.75) is 24.5 Å². The highest BCUT2D eigenvalue weighted by atomic mass is 16.5. The number of alkyl carbamates (subject to hydrolysis) is 1. The van der Waals surface area contributed by atoms with Gasteiger partial charge in [-0.2, -0.15) is 0 Å². The first-order valence-electron chi connectivity index (χ1n) is 10.4. The summed E-state index contributed by atoms with van der Waals surface area (Å²) < 4.78 is 5.42. The van der Waals surface area contributed by atoms with Gasteiger partial charge in [0.25, 0.3) is 0 Å². The van der Waals surface area contributed by atoms with E-state index in [9.17, 15) is 19.5 Å². The average Bonchev–Trinajstić information content (AvgIpc) is 3.34. The molecule has 166 valence electrons. The fraction of sp³-hybridized carbons (Fsp3) is 0.292. The van der Waals surface area contributed by atoms with Crippen molar-refractivity contribution in [1.29, 1.82) is 0 Å². The van der Waals surface area contributed by atoms with E-state index in [4.69, 9.17) is 9.84 Å². The lowest BCUT2D eigenvalue weighted by molar-refractivity contribution is -0.146. The molecule has 3 N–H and O–H groups in total. The fourth-order valence-electron chi connectivity index (χ4n) is 4.34. The Labute approximate surface area is 185 Å². The van der Waals surface area contributed by atoms with E-state index in [2.05, 4.69) is 17.4 Å². The predicted molar refractivity (Wildman–Crippen MR) is 116 cm³/mol. The topological polar surface area (TPSA) is 116 Å². The Hall–Kier alpha value is -3.65. The highest BCUT2D eigenvalue weighted by Gasteiger charge is 2.38. The third-order valence-corrected chi connectivity index (χ3v) is 5.82. The SMILES string of the molecule is O=C(NC/C=C/C(=O)N1C[C@@H](O)C[C@H]1C(=O)O)OCC1c2ccccc2-c2ccccc21. The van der Waals surface area contributed by atoms with Crippen molar-refractivity contribution in [2.75, 3.05) is 19.7 Å². The largest absolute Gasteiger partial charge is 0.480 e. The molecule has 0 saturated carbocycles. The van der Waals surface area contributed by atoms with Crippen LogP contribution < -0.4 is 5.32 Å². The molecule has 2 amide bonds. The van der Waals surface area contributed by atoms with Crippen molar-refractivity contribution >= 4 is 18.0 Å². The maximum atomic E-state index is 12.2. The Morgan fingerprint density at radius 1 is 1.06 bits per heavy atom. The molecule has 0 spiro atoms. The smallest absolute Gasteiger partial charge is 0.407 e. The summed E-state index contributed by atoms with van der Waals surface area (Å²) in [4.78, 5) is 36.7. The zero-order valence-electron chi connectivity index (χ0n) is 17.3. The van der Waals surface area contributed by atoms with Crippen LogP contribution in [0.3, 0.4) is 0 Å². The third-order valence-electron chi connectivity index (χ3n) is 5.82. The zero-order valence-corrected chi connectivity index (χ0v) is 17.3. The molecule has 1 aliphatic carbocycles. The average molecular weight is 436 g/mol. The molecule has 8 nitrogen and oxygen atoms in total. The van der Waals surface area contributed by atoms with Crippen LogP contribution in [0.2, 0.25) is 0 Å². The van der Waals surface area contributed by atoms with E-state index in [1.165, 1.54) is 12.2 Å². The van der Waals surface area contributed by atoms with Crippen LogP contribution >= 0.6 is 0 Å². The number of nitrogens with zero attached hydrogens (tertiary/aromatic N) is 1. The molecular weight excluding hydrogens is 412 g/mol. The molecule has 2 aromatic carbocycles. The van der Waals surface area contributed by atoms with Gasteiger partial charge in [-0.05, 0) is 22.3 Å². The molecule has 1 fully saturated rings. The summed E-state index contributed by atoms with van der Waals surface area (Å²) in [6.45, 7) is 0.213. The number of aliphatic hydroxyl groups excluding tert-OH is 1. The number of hydrogen-bond donors (Lipinski definition) is 3. The van der Waals surface area contributed by atoms with E-state index in [0.29, 0.717) is 0 Å². The van der Waals surface area contributed by atoms with E-state index in [1.807, 2.05) is 36.4 Å². The first-order chi connectivity index (χ1) is 15.5. The van der Waals surface area contributed by atoms with E-state index < -0.39 is 30.1 Å². The Kier molecular flexibility index (Phi) is 6.23. The van der Waals surface area contributed by atoms with Gasteiger partial charge in [-0.3, -0.25) is 4.79 Å². The number of fused-ring (bicyclic) bond motifs is 3. The monoisotopic (exact) mass is 436 g/mol. The van der Waals surface area contributed by atoms with Crippen LogP contribution in [-0.2, 0) is 14.3 Å². The van der Waals surface area contributed by atoms with E-state index in [0.717, 1.165) is 27.2 Å². The van der Waals surface area contributed by atoms with Gasteiger partial charge in [-0.1, -0.05) is 54.6 Å². The highest BCUT2D eigenvalue weighted by Crippen LogP contribution is 2.44. The van der Waals surface area contributed by atoms with Crippen LogP contribution in [0.1, 0.15) is 23.5 Å². The number of rotatable bonds is 6. The van der Waals surface area contributed by atoms with Crippen molar-refractivity contribution < 1.29 is 29.3 Å². The van der Waals surface area contributed by atoms with E-state index >= 15 is 0 Å².